The van der Waals surface area contributed by atoms with Gasteiger partial charge in [0.1, 0.15) is 11.9 Å². The third-order valence-electron chi connectivity index (χ3n) is 5.15. The topological polar surface area (TPSA) is 32.8 Å². The second-order valence-electron chi connectivity index (χ2n) is 6.80. The van der Waals surface area contributed by atoms with Crippen LogP contribution in [0.15, 0.2) is 36.4 Å². The minimum atomic E-state index is -0.502. The van der Waals surface area contributed by atoms with Gasteiger partial charge in [-0.1, -0.05) is 23.7 Å². The smallest absolute Gasteiger partial charge is 0.415 e. The summed E-state index contributed by atoms with van der Waals surface area (Å²) in [7, 11) is 0. The van der Waals surface area contributed by atoms with Crippen LogP contribution in [0.3, 0.4) is 0 Å². The average Bonchev–Trinajstić information content (AvgIpc) is 3.06. The molecule has 146 valence electrons. The van der Waals surface area contributed by atoms with Crippen molar-refractivity contribution >= 4 is 47.1 Å². The number of anilines is 1. The summed E-state index contributed by atoms with van der Waals surface area (Å²) < 4.78 is 20.8. The first-order chi connectivity index (χ1) is 12.6. The Bertz CT molecular complexity index is 796. The fraction of sp³-hybridized carbons (Fsp3) is 0.421. The summed E-state index contributed by atoms with van der Waals surface area (Å²) in [5, 5.41) is 0. The molecule has 1 aromatic heterocycles. The summed E-state index contributed by atoms with van der Waals surface area (Å²) in [6, 6.07) is 9.90. The van der Waals surface area contributed by atoms with E-state index < -0.39 is 11.9 Å². The maximum Gasteiger partial charge on any atom is 0.415 e. The van der Waals surface area contributed by atoms with Crippen LogP contribution >= 0.6 is 35.3 Å². The zero-order chi connectivity index (χ0) is 18.1. The highest BCUT2D eigenvalue weighted by molar-refractivity contribution is 7.16. The number of para-hydroxylation sites is 1. The highest BCUT2D eigenvalue weighted by Gasteiger charge is 2.37. The normalized spacial score (nSPS) is 23.6. The summed E-state index contributed by atoms with van der Waals surface area (Å²) in [4.78, 5) is 17.5. The van der Waals surface area contributed by atoms with Crippen molar-refractivity contribution in [3.8, 4) is 0 Å². The molecule has 4 nitrogen and oxygen atoms in total. The van der Waals surface area contributed by atoms with Crippen molar-refractivity contribution < 1.29 is 13.9 Å². The summed E-state index contributed by atoms with van der Waals surface area (Å²) in [5.74, 6) is -0.0383. The van der Waals surface area contributed by atoms with Crippen LogP contribution in [0.25, 0.3) is 0 Å². The molecule has 0 spiro atoms. The Morgan fingerprint density at radius 3 is 2.59 bits per heavy atom. The number of ether oxygens (including phenoxy) is 1. The standard InChI is InChI=1S/C19H20ClFN2O2S.ClH/c20-18-6-5-14(26-18)11-23(16-4-2-1-3-15(16)21)19(24)25-17-12-22-9-7-13(17)8-10-22;/h1-6,13,17H,7-12H2;1H/t17-;/m0./s1. The number of carbonyl (C=O) groups is 1. The van der Waals surface area contributed by atoms with Gasteiger partial charge in [0.05, 0.1) is 16.6 Å². The molecule has 0 unspecified atom stereocenters. The molecule has 3 fully saturated rings. The second kappa shape index (κ2) is 8.78. The van der Waals surface area contributed by atoms with E-state index in [0.717, 1.165) is 37.4 Å². The maximum atomic E-state index is 14.4. The number of hydrogen-bond acceptors (Lipinski definition) is 4. The van der Waals surface area contributed by atoms with E-state index >= 15 is 0 Å². The summed E-state index contributed by atoms with van der Waals surface area (Å²) in [6.45, 7) is 3.15. The van der Waals surface area contributed by atoms with Crippen LogP contribution in [0.1, 0.15) is 17.7 Å². The van der Waals surface area contributed by atoms with Crippen LogP contribution in [-0.4, -0.2) is 36.7 Å². The van der Waals surface area contributed by atoms with Gasteiger partial charge in [-0.2, -0.15) is 0 Å². The molecule has 2 aromatic rings. The molecule has 3 aliphatic heterocycles. The lowest BCUT2D eigenvalue weighted by atomic mass is 9.86. The quantitative estimate of drug-likeness (QED) is 0.667. The molecule has 0 saturated carbocycles. The summed E-state index contributed by atoms with van der Waals surface area (Å²) in [5.41, 5.74) is 0.225. The van der Waals surface area contributed by atoms with Crippen molar-refractivity contribution in [3.63, 3.8) is 0 Å². The highest BCUT2D eigenvalue weighted by Crippen LogP contribution is 2.32. The second-order valence-corrected chi connectivity index (χ2v) is 8.60. The van der Waals surface area contributed by atoms with Gasteiger partial charge < -0.3 is 4.74 Å². The van der Waals surface area contributed by atoms with Gasteiger partial charge in [-0.3, -0.25) is 9.80 Å². The molecule has 27 heavy (non-hydrogen) atoms. The Labute approximate surface area is 173 Å². The van der Waals surface area contributed by atoms with Crippen LogP contribution in [0.5, 0.6) is 0 Å². The Balaban J connectivity index is 0.00000210. The van der Waals surface area contributed by atoms with Gasteiger partial charge in [0.2, 0.25) is 0 Å². The SMILES string of the molecule is Cl.O=C(O[C@H]1CN2CCC1CC2)N(Cc1ccc(Cl)s1)c1ccccc1F. The number of benzene rings is 1. The van der Waals surface area contributed by atoms with E-state index in [1.165, 1.54) is 22.3 Å². The van der Waals surface area contributed by atoms with E-state index in [0.29, 0.717) is 10.3 Å². The van der Waals surface area contributed by atoms with Crippen molar-refractivity contribution in [3.05, 3.63) is 51.4 Å². The zero-order valence-corrected chi connectivity index (χ0v) is 17.0. The van der Waals surface area contributed by atoms with E-state index in [9.17, 15) is 9.18 Å². The van der Waals surface area contributed by atoms with Crippen LogP contribution < -0.4 is 4.90 Å². The fourth-order valence-corrected chi connectivity index (χ4v) is 4.83. The molecule has 3 aliphatic rings. The molecule has 4 heterocycles. The molecule has 8 heteroatoms. The molecule has 5 rings (SSSR count). The molecule has 1 aromatic carbocycles. The lowest BCUT2D eigenvalue weighted by Crippen LogP contribution is -2.53. The Morgan fingerprint density at radius 1 is 1.26 bits per heavy atom. The van der Waals surface area contributed by atoms with Crippen molar-refractivity contribution in [1.29, 1.82) is 0 Å². The van der Waals surface area contributed by atoms with Crippen LogP contribution in [0, 0.1) is 11.7 Å². The molecule has 1 amide bonds. The number of thiophene rings is 1. The van der Waals surface area contributed by atoms with E-state index in [2.05, 4.69) is 4.90 Å². The first-order valence-electron chi connectivity index (χ1n) is 8.79. The van der Waals surface area contributed by atoms with Crippen LogP contribution in [0.4, 0.5) is 14.9 Å². The van der Waals surface area contributed by atoms with Gasteiger partial charge in [0.25, 0.3) is 0 Å². The van der Waals surface area contributed by atoms with E-state index in [-0.39, 0.29) is 30.7 Å². The highest BCUT2D eigenvalue weighted by atomic mass is 35.5. The minimum absolute atomic E-state index is 0. The van der Waals surface area contributed by atoms with Crippen molar-refractivity contribution in [2.24, 2.45) is 5.92 Å². The third-order valence-corrected chi connectivity index (χ3v) is 6.37. The number of rotatable bonds is 4. The Kier molecular flexibility index (Phi) is 6.63. The zero-order valence-electron chi connectivity index (χ0n) is 14.6. The van der Waals surface area contributed by atoms with Gasteiger partial charge in [-0.25, -0.2) is 9.18 Å². The number of amides is 1. The van der Waals surface area contributed by atoms with Crippen LogP contribution in [0.2, 0.25) is 4.34 Å². The van der Waals surface area contributed by atoms with Crippen LogP contribution in [-0.2, 0) is 11.3 Å². The van der Waals surface area contributed by atoms with Gasteiger partial charge in [-0.15, -0.1) is 23.7 Å². The van der Waals surface area contributed by atoms with Gasteiger partial charge >= 0.3 is 6.09 Å². The molecular formula is C19H21Cl2FN2O2S. The molecule has 0 radical (unpaired) electrons. The van der Waals surface area contributed by atoms with Crippen molar-refractivity contribution in [1.82, 2.24) is 4.90 Å². The molecule has 0 aliphatic carbocycles. The number of carbonyl (C=O) groups excluding carboxylic acids is 1. The molecule has 2 bridgehead atoms. The predicted octanol–water partition coefficient (Wildman–Crippen LogP) is 5.20. The number of hydrogen-bond donors (Lipinski definition) is 0. The lowest BCUT2D eigenvalue weighted by molar-refractivity contribution is -0.0311. The minimum Gasteiger partial charge on any atom is -0.444 e. The predicted molar refractivity (Wildman–Crippen MR) is 109 cm³/mol. The summed E-state index contributed by atoms with van der Waals surface area (Å²) in [6.07, 6.45) is 1.49. The van der Waals surface area contributed by atoms with E-state index in [1.807, 2.05) is 6.07 Å². The van der Waals surface area contributed by atoms with Gasteiger partial charge in [0, 0.05) is 11.4 Å². The summed E-state index contributed by atoms with van der Waals surface area (Å²) >= 11 is 7.38. The van der Waals surface area contributed by atoms with E-state index in [4.69, 9.17) is 16.3 Å². The number of fused-ring (bicyclic) bond motifs is 3. The fourth-order valence-electron chi connectivity index (χ4n) is 3.75. The monoisotopic (exact) mass is 430 g/mol. The Morgan fingerprint density at radius 2 is 2.00 bits per heavy atom. The molecular weight excluding hydrogens is 410 g/mol. The molecule has 0 N–H and O–H groups in total. The van der Waals surface area contributed by atoms with E-state index in [1.54, 1.807) is 24.3 Å². The maximum absolute atomic E-state index is 14.4. The number of nitrogens with zero attached hydrogens (tertiary/aromatic N) is 2. The first-order valence-corrected chi connectivity index (χ1v) is 9.99. The lowest BCUT2D eigenvalue weighted by Gasteiger charge is -2.44. The largest absolute Gasteiger partial charge is 0.444 e. The van der Waals surface area contributed by atoms with Gasteiger partial charge in [0.15, 0.2) is 0 Å². The third kappa shape index (κ3) is 4.57. The molecule has 3 saturated heterocycles. The molecule has 1 atom stereocenters. The van der Waals surface area contributed by atoms with Crippen molar-refractivity contribution in [2.45, 2.75) is 25.5 Å². The van der Waals surface area contributed by atoms with Gasteiger partial charge in [-0.05, 0) is 56.1 Å². The number of piperidine rings is 3. The Hall–Kier alpha value is -1.34. The number of halogens is 3. The average molecular weight is 431 g/mol. The van der Waals surface area contributed by atoms with Crippen molar-refractivity contribution in [2.75, 3.05) is 24.5 Å². The first kappa shape index (κ1) is 20.4.